The number of carbonyl (C=O) groups excluding carboxylic acids is 1. The van der Waals surface area contributed by atoms with Crippen molar-refractivity contribution < 1.29 is 9.32 Å². The second-order valence-electron chi connectivity index (χ2n) is 5.61. The molecule has 1 fully saturated rings. The Morgan fingerprint density at radius 2 is 1.86 bits per heavy atom. The number of aromatic nitrogens is 1. The van der Waals surface area contributed by atoms with Crippen LogP contribution in [0.4, 0.5) is 11.4 Å². The van der Waals surface area contributed by atoms with Gasteiger partial charge in [-0.15, -0.1) is 0 Å². The van der Waals surface area contributed by atoms with E-state index in [-0.39, 0.29) is 5.91 Å². The minimum absolute atomic E-state index is 0.260. The van der Waals surface area contributed by atoms with E-state index in [1.165, 1.54) is 5.69 Å². The van der Waals surface area contributed by atoms with Gasteiger partial charge < -0.3 is 19.6 Å². The van der Waals surface area contributed by atoms with Gasteiger partial charge in [-0.3, -0.25) is 4.79 Å². The maximum Gasteiger partial charge on any atom is 0.277 e. The van der Waals surface area contributed by atoms with Crippen LogP contribution < -0.4 is 10.2 Å². The first-order valence-corrected chi connectivity index (χ1v) is 7.40. The van der Waals surface area contributed by atoms with E-state index in [2.05, 4.69) is 27.3 Å². The molecule has 0 aliphatic carbocycles. The summed E-state index contributed by atoms with van der Waals surface area (Å²) in [5.74, 6) is 0.361. The van der Waals surface area contributed by atoms with E-state index in [0.717, 1.165) is 31.9 Å². The van der Waals surface area contributed by atoms with Gasteiger partial charge in [-0.1, -0.05) is 5.16 Å². The van der Waals surface area contributed by atoms with E-state index in [4.69, 9.17) is 4.52 Å². The SMILES string of the molecule is Cc1cc(C(=O)Nc2ccc(N3CCN(C)CC3)cc2)no1. The first kappa shape index (κ1) is 14.6. The van der Waals surface area contributed by atoms with Crippen molar-refractivity contribution in [3.8, 4) is 0 Å². The number of aryl methyl sites for hydroxylation is 1. The van der Waals surface area contributed by atoms with Gasteiger partial charge >= 0.3 is 0 Å². The van der Waals surface area contributed by atoms with Crippen LogP contribution in [0.2, 0.25) is 0 Å². The predicted molar refractivity (Wildman–Crippen MR) is 85.3 cm³/mol. The number of likely N-dealkylation sites (N-methyl/N-ethyl adjacent to an activating group) is 1. The Morgan fingerprint density at radius 1 is 1.18 bits per heavy atom. The molecule has 6 nitrogen and oxygen atoms in total. The van der Waals surface area contributed by atoms with Crippen LogP contribution in [-0.2, 0) is 0 Å². The highest BCUT2D eigenvalue weighted by Crippen LogP contribution is 2.19. The van der Waals surface area contributed by atoms with Crippen LogP contribution in [0.1, 0.15) is 16.2 Å². The molecule has 6 heteroatoms. The molecule has 1 aliphatic heterocycles. The summed E-state index contributed by atoms with van der Waals surface area (Å²) in [6, 6.07) is 9.52. The standard InChI is InChI=1S/C16H20N4O2/c1-12-11-15(18-22-12)16(21)17-13-3-5-14(6-4-13)20-9-7-19(2)8-10-20/h3-6,11H,7-10H2,1-2H3,(H,17,21). The number of nitrogens with one attached hydrogen (secondary N) is 1. The molecule has 0 unspecified atom stereocenters. The summed E-state index contributed by atoms with van der Waals surface area (Å²) >= 11 is 0. The van der Waals surface area contributed by atoms with Crippen molar-refractivity contribution in [2.45, 2.75) is 6.92 Å². The zero-order valence-electron chi connectivity index (χ0n) is 12.9. The zero-order chi connectivity index (χ0) is 15.5. The predicted octanol–water partition coefficient (Wildman–Crippen LogP) is 1.99. The third kappa shape index (κ3) is 3.28. The number of amides is 1. The molecule has 1 amide bonds. The number of benzene rings is 1. The minimum atomic E-state index is -0.260. The second-order valence-corrected chi connectivity index (χ2v) is 5.61. The second kappa shape index (κ2) is 6.19. The third-order valence-corrected chi connectivity index (χ3v) is 3.85. The molecule has 116 valence electrons. The lowest BCUT2D eigenvalue weighted by Gasteiger charge is -2.34. The molecule has 1 aromatic heterocycles. The molecule has 1 N–H and O–H groups in total. The molecule has 0 saturated carbocycles. The van der Waals surface area contributed by atoms with Crippen LogP contribution in [0.5, 0.6) is 0 Å². The van der Waals surface area contributed by atoms with Gasteiger partial charge in [-0.05, 0) is 38.2 Å². The smallest absolute Gasteiger partial charge is 0.277 e. The number of nitrogens with zero attached hydrogens (tertiary/aromatic N) is 3. The van der Waals surface area contributed by atoms with Crippen LogP contribution >= 0.6 is 0 Å². The summed E-state index contributed by atoms with van der Waals surface area (Å²) < 4.78 is 4.91. The Hall–Kier alpha value is -2.34. The van der Waals surface area contributed by atoms with Gasteiger partial charge in [0.15, 0.2) is 5.69 Å². The van der Waals surface area contributed by atoms with E-state index < -0.39 is 0 Å². The number of piperazine rings is 1. The average molecular weight is 300 g/mol. The van der Waals surface area contributed by atoms with Crippen molar-refractivity contribution in [2.24, 2.45) is 0 Å². The topological polar surface area (TPSA) is 61.6 Å². The van der Waals surface area contributed by atoms with Gasteiger partial charge in [0, 0.05) is 43.6 Å². The van der Waals surface area contributed by atoms with E-state index in [1.54, 1.807) is 13.0 Å². The molecule has 1 saturated heterocycles. The Labute approximate surface area is 129 Å². The normalized spacial score (nSPS) is 15.8. The number of rotatable bonds is 3. The average Bonchev–Trinajstić information content (AvgIpc) is 2.96. The van der Waals surface area contributed by atoms with Crippen molar-refractivity contribution in [3.05, 3.63) is 41.8 Å². The molecule has 2 heterocycles. The number of hydrogen-bond acceptors (Lipinski definition) is 5. The molecule has 2 aromatic rings. The Balaban J connectivity index is 1.63. The number of anilines is 2. The molecular weight excluding hydrogens is 280 g/mol. The van der Waals surface area contributed by atoms with Crippen LogP contribution in [0.25, 0.3) is 0 Å². The molecule has 0 spiro atoms. The summed E-state index contributed by atoms with van der Waals surface area (Å²) in [6.45, 7) is 5.96. The fourth-order valence-electron chi connectivity index (χ4n) is 2.49. The van der Waals surface area contributed by atoms with E-state index in [1.807, 2.05) is 24.3 Å². The fourth-order valence-corrected chi connectivity index (χ4v) is 2.49. The largest absolute Gasteiger partial charge is 0.369 e. The van der Waals surface area contributed by atoms with Crippen LogP contribution in [0.3, 0.4) is 0 Å². The van der Waals surface area contributed by atoms with Gasteiger partial charge in [-0.2, -0.15) is 0 Å². The van der Waals surface area contributed by atoms with Crippen molar-refractivity contribution in [1.29, 1.82) is 0 Å². The maximum atomic E-state index is 12.0. The van der Waals surface area contributed by atoms with Crippen molar-refractivity contribution in [1.82, 2.24) is 10.1 Å². The van der Waals surface area contributed by atoms with Gasteiger partial charge in [-0.25, -0.2) is 0 Å². The highest BCUT2D eigenvalue weighted by Gasteiger charge is 2.15. The first-order valence-electron chi connectivity index (χ1n) is 7.40. The van der Waals surface area contributed by atoms with Gasteiger partial charge in [0.05, 0.1) is 0 Å². The molecule has 1 aromatic carbocycles. The van der Waals surface area contributed by atoms with E-state index >= 15 is 0 Å². The van der Waals surface area contributed by atoms with Gasteiger partial charge in [0.1, 0.15) is 5.76 Å². The van der Waals surface area contributed by atoms with E-state index in [0.29, 0.717) is 11.5 Å². The highest BCUT2D eigenvalue weighted by atomic mass is 16.5. The van der Waals surface area contributed by atoms with Gasteiger partial charge in [0.2, 0.25) is 0 Å². The van der Waals surface area contributed by atoms with Crippen LogP contribution in [-0.4, -0.2) is 49.2 Å². The van der Waals surface area contributed by atoms with Crippen LogP contribution in [0, 0.1) is 6.92 Å². The van der Waals surface area contributed by atoms with Gasteiger partial charge in [0.25, 0.3) is 5.91 Å². The maximum absolute atomic E-state index is 12.0. The monoisotopic (exact) mass is 300 g/mol. The Bertz CT molecular complexity index is 642. The van der Waals surface area contributed by atoms with Crippen molar-refractivity contribution in [2.75, 3.05) is 43.4 Å². The molecule has 3 rings (SSSR count). The number of hydrogen-bond donors (Lipinski definition) is 1. The first-order chi connectivity index (χ1) is 10.6. The minimum Gasteiger partial charge on any atom is -0.369 e. The molecule has 0 radical (unpaired) electrons. The summed E-state index contributed by atoms with van der Waals surface area (Å²) in [4.78, 5) is 16.7. The molecular formula is C16H20N4O2. The molecule has 1 aliphatic rings. The Kier molecular flexibility index (Phi) is 4.11. The molecule has 0 atom stereocenters. The third-order valence-electron chi connectivity index (χ3n) is 3.85. The lowest BCUT2D eigenvalue weighted by Crippen LogP contribution is -2.44. The lowest BCUT2D eigenvalue weighted by atomic mass is 10.2. The summed E-state index contributed by atoms with van der Waals surface area (Å²) in [5.41, 5.74) is 2.23. The summed E-state index contributed by atoms with van der Waals surface area (Å²) in [7, 11) is 2.14. The number of carbonyl (C=O) groups is 1. The van der Waals surface area contributed by atoms with Crippen molar-refractivity contribution >= 4 is 17.3 Å². The molecule has 22 heavy (non-hydrogen) atoms. The van der Waals surface area contributed by atoms with Crippen LogP contribution in [0.15, 0.2) is 34.9 Å². The Morgan fingerprint density at radius 3 is 2.45 bits per heavy atom. The summed E-state index contributed by atoms with van der Waals surface area (Å²) in [6.07, 6.45) is 0. The molecule has 0 bridgehead atoms. The summed E-state index contributed by atoms with van der Waals surface area (Å²) in [5, 5.41) is 6.53. The highest BCUT2D eigenvalue weighted by molar-refractivity contribution is 6.02. The van der Waals surface area contributed by atoms with E-state index in [9.17, 15) is 4.79 Å². The lowest BCUT2D eigenvalue weighted by molar-refractivity contribution is 0.101. The fraction of sp³-hybridized carbons (Fsp3) is 0.375. The van der Waals surface area contributed by atoms with Crippen molar-refractivity contribution in [3.63, 3.8) is 0 Å². The quantitative estimate of drug-likeness (QED) is 0.939. The zero-order valence-corrected chi connectivity index (χ0v) is 12.9.